The number of rotatable bonds is 4. The summed E-state index contributed by atoms with van der Waals surface area (Å²) in [5.41, 5.74) is 5.58. The van der Waals surface area contributed by atoms with Crippen molar-refractivity contribution in [3.05, 3.63) is 52.7 Å². The van der Waals surface area contributed by atoms with Gasteiger partial charge in [0.25, 0.3) is 0 Å². The van der Waals surface area contributed by atoms with E-state index in [4.69, 9.17) is 28.9 Å². The first kappa shape index (κ1) is 18.9. The van der Waals surface area contributed by atoms with Crippen LogP contribution in [0.2, 0.25) is 10.2 Å². The third-order valence-corrected chi connectivity index (χ3v) is 3.89. The number of alkyl halides is 3. The highest BCUT2D eigenvalue weighted by molar-refractivity contribution is 6.33. The number of nitrogens with zero attached hydrogens (tertiary/aromatic N) is 4. The SMILES string of the molecule is Nc1c(Nc2cccnc2Cl)ncnc1Nc1ncc(C(F)(F)F)cc1Cl. The Hall–Kier alpha value is -2.85. The van der Waals surface area contributed by atoms with Gasteiger partial charge in [0.1, 0.15) is 17.8 Å². The highest BCUT2D eigenvalue weighted by Gasteiger charge is 2.31. The van der Waals surface area contributed by atoms with Crippen LogP contribution in [0.4, 0.5) is 42.0 Å². The first-order valence-electron chi connectivity index (χ1n) is 7.23. The minimum absolute atomic E-state index is 0.0413. The third kappa shape index (κ3) is 4.29. The summed E-state index contributed by atoms with van der Waals surface area (Å²) < 4.78 is 38.1. The zero-order valence-electron chi connectivity index (χ0n) is 13.2. The summed E-state index contributed by atoms with van der Waals surface area (Å²) in [7, 11) is 0. The van der Waals surface area contributed by atoms with Crippen molar-refractivity contribution in [2.45, 2.75) is 6.18 Å². The Balaban J connectivity index is 1.87. The number of hydrogen-bond donors (Lipinski definition) is 3. The molecule has 3 rings (SSSR count). The van der Waals surface area contributed by atoms with Gasteiger partial charge in [0.15, 0.2) is 16.8 Å². The smallest absolute Gasteiger partial charge is 0.393 e. The van der Waals surface area contributed by atoms with E-state index in [1.54, 1.807) is 12.1 Å². The number of aromatic nitrogens is 4. The maximum absolute atomic E-state index is 12.7. The molecule has 0 aliphatic rings. The molecule has 3 aromatic rings. The van der Waals surface area contributed by atoms with Crippen LogP contribution in [0.5, 0.6) is 0 Å². The molecule has 0 fully saturated rings. The third-order valence-electron chi connectivity index (χ3n) is 3.30. The van der Waals surface area contributed by atoms with Gasteiger partial charge in [-0.2, -0.15) is 13.2 Å². The number of halogens is 5. The van der Waals surface area contributed by atoms with Gasteiger partial charge in [-0.15, -0.1) is 0 Å². The molecular formula is C15H10Cl2F3N7. The lowest BCUT2D eigenvalue weighted by Gasteiger charge is -2.14. The van der Waals surface area contributed by atoms with Gasteiger partial charge in [0, 0.05) is 12.4 Å². The predicted octanol–water partition coefficient (Wildman–Crippen LogP) is 4.66. The molecule has 0 aliphatic heterocycles. The van der Waals surface area contributed by atoms with Crippen molar-refractivity contribution in [1.82, 2.24) is 19.9 Å². The Bertz CT molecular complexity index is 982. The van der Waals surface area contributed by atoms with Crippen molar-refractivity contribution in [1.29, 1.82) is 0 Å². The topological polar surface area (TPSA) is 102 Å². The first-order valence-corrected chi connectivity index (χ1v) is 7.99. The van der Waals surface area contributed by atoms with E-state index in [-0.39, 0.29) is 33.3 Å². The van der Waals surface area contributed by atoms with Gasteiger partial charge in [-0.3, -0.25) is 0 Å². The minimum Gasteiger partial charge on any atom is -0.393 e. The van der Waals surface area contributed by atoms with E-state index < -0.39 is 11.7 Å². The fourth-order valence-corrected chi connectivity index (χ4v) is 2.38. The van der Waals surface area contributed by atoms with Crippen LogP contribution in [0.1, 0.15) is 5.56 Å². The lowest BCUT2D eigenvalue weighted by Crippen LogP contribution is -2.08. The molecule has 12 heteroatoms. The Morgan fingerprint density at radius 2 is 1.67 bits per heavy atom. The Morgan fingerprint density at radius 3 is 2.30 bits per heavy atom. The maximum atomic E-state index is 12.7. The van der Waals surface area contributed by atoms with E-state index in [2.05, 4.69) is 30.6 Å². The zero-order valence-corrected chi connectivity index (χ0v) is 14.7. The molecule has 7 nitrogen and oxygen atoms in total. The molecule has 0 saturated heterocycles. The van der Waals surface area contributed by atoms with Gasteiger partial charge in [-0.1, -0.05) is 23.2 Å². The number of nitrogen functional groups attached to an aromatic ring is 1. The predicted molar refractivity (Wildman–Crippen MR) is 96.5 cm³/mol. The van der Waals surface area contributed by atoms with Gasteiger partial charge < -0.3 is 16.4 Å². The van der Waals surface area contributed by atoms with Gasteiger partial charge in [0.2, 0.25) is 0 Å². The van der Waals surface area contributed by atoms with Crippen LogP contribution in [-0.2, 0) is 6.18 Å². The molecule has 0 atom stereocenters. The van der Waals surface area contributed by atoms with Crippen LogP contribution in [0.25, 0.3) is 0 Å². The highest BCUT2D eigenvalue weighted by Crippen LogP contribution is 2.34. The van der Waals surface area contributed by atoms with Crippen molar-refractivity contribution in [2.24, 2.45) is 0 Å². The molecule has 0 radical (unpaired) electrons. The average molecular weight is 416 g/mol. The summed E-state index contributed by atoms with van der Waals surface area (Å²) in [6.45, 7) is 0. The van der Waals surface area contributed by atoms with Gasteiger partial charge in [-0.05, 0) is 18.2 Å². The average Bonchev–Trinajstić information content (AvgIpc) is 2.61. The van der Waals surface area contributed by atoms with E-state index in [1.807, 2.05) is 0 Å². The van der Waals surface area contributed by atoms with Crippen LogP contribution >= 0.6 is 23.2 Å². The van der Waals surface area contributed by atoms with E-state index in [9.17, 15) is 13.2 Å². The van der Waals surface area contributed by atoms with Gasteiger partial charge in [-0.25, -0.2) is 19.9 Å². The van der Waals surface area contributed by atoms with Gasteiger partial charge in [0.05, 0.1) is 16.3 Å². The van der Waals surface area contributed by atoms with Crippen molar-refractivity contribution in [3.63, 3.8) is 0 Å². The molecule has 0 saturated carbocycles. The molecule has 0 bridgehead atoms. The van der Waals surface area contributed by atoms with Crippen molar-refractivity contribution >= 4 is 52.0 Å². The molecule has 0 unspecified atom stereocenters. The summed E-state index contributed by atoms with van der Waals surface area (Å²) in [5, 5.41) is 5.55. The number of nitrogens with two attached hydrogens (primary N) is 1. The monoisotopic (exact) mass is 415 g/mol. The fraction of sp³-hybridized carbons (Fsp3) is 0.0667. The standard InChI is InChI=1S/C15H10Cl2F3N7/c16-8-4-7(15(18,19)20)5-23-12(8)27-14-10(21)13(24-6-25-14)26-9-2-1-3-22-11(9)17/h1-6H,21H2,(H2,23,24,25,26,27). The van der Waals surface area contributed by atoms with E-state index >= 15 is 0 Å². The van der Waals surface area contributed by atoms with E-state index in [0.29, 0.717) is 11.9 Å². The van der Waals surface area contributed by atoms with Crippen molar-refractivity contribution in [2.75, 3.05) is 16.4 Å². The lowest BCUT2D eigenvalue weighted by molar-refractivity contribution is -0.137. The largest absolute Gasteiger partial charge is 0.417 e. The lowest BCUT2D eigenvalue weighted by atomic mass is 10.2. The number of pyridine rings is 2. The molecule has 140 valence electrons. The molecule has 0 aliphatic carbocycles. The molecule has 3 aromatic heterocycles. The number of nitrogens with one attached hydrogen (secondary N) is 2. The zero-order chi connectivity index (χ0) is 19.6. The summed E-state index contributed by atoms with van der Waals surface area (Å²) >= 11 is 11.9. The van der Waals surface area contributed by atoms with Crippen molar-refractivity contribution < 1.29 is 13.2 Å². The Morgan fingerprint density at radius 1 is 0.963 bits per heavy atom. The van der Waals surface area contributed by atoms with Crippen LogP contribution < -0.4 is 16.4 Å². The Kier molecular flexibility index (Phi) is 5.19. The summed E-state index contributed by atoms with van der Waals surface area (Å²) in [6.07, 6.45) is -1.19. The summed E-state index contributed by atoms with van der Waals surface area (Å²) in [5.74, 6) is 0.271. The van der Waals surface area contributed by atoms with Crippen LogP contribution in [-0.4, -0.2) is 19.9 Å². The van der Waals surface area contributed by atoms with Crippen molar-refractivity contribution in [3.8, 4) is 0 Å². The second-order valence-corrected chi connectivity index (χ2v) is 5.89. The molecule has 4 N–H and O–H groups in total. The molecule has 0 amide bonds. The molecule has 27 heavy (non-hydrogen) atoms. The number of hydrogen-bond acceptors (Lipinski definition) is 7. The molecule has 3 heterocycles. The fourth-order valence-electron chi connectivity index (χ4n) is 2.00. The second-order valence-electron chi connectivity index (χ2n) is 5.13. The normalized spacial score (nSPS) is 11.3. The van der Waals surface area contributed by atoms with Crippen LogP contribution in [0.3, 0.4) is 0 Å². The molecule has 0 spiro atoms. The van der Waals surface area contributed by atoms with E-state index in [1.165, 1.54) is 12.5 Å². The quantitative estimate of drug-likeness (QED) is 0.532. The summed E-state index contributed by atoms with van der Waals surface area (Å²) in [4.78, 5) is 15.6. The highest BCUT2D eigenvalue weighted by atomic mass is 35.5. The summed E-state index contributed by atoms with van der Waals surface area (Å²) in [6, 6.07) is 4.08. The molecule has 0 aromatic carbocycles. The second kappa shape index (κ2) is 7.41. The maximum Gasteiger partial charge on any atom is 0.417 e. The minimum atomic E-state index is -4.55. The van der Waals surface area contributed by atoms with Gasteiger partial charge >= 0.3 is 6.18 Å². The number of anilines is 5. The van der Waals surface area contributed by atoms with E-state index in [0.717, 1.165) is 6.07 Å². The molecular weight excluding hydrogens is 406 g/mol. The van der Waals surface area contributed by atoms with Crippen LogP contribution in [0, 0.1) is 0 Å². The first-order chi connectivity index (χ1) is 12.8. The Labute approximate surface area is 160 Å². The van der Waals surface area contributed by atoms with Crippen LogP contribution in [0.15, 0.2) is 36.9 Å².